The molecule has 0 aromatic heterocycles. The summed E-state index contributed by atoms with van der Waals surface area (Å²) in [4.78, 5) is 0. The Morgan fingerprint density at radius 2 is 1.82 bits per heavy atom. The van der Waals surface area contributed by atoms with Gasteiger partial charge in [-0.05, 0) is 36.6 Å². The zero-order valence-electron chi connectivity index (χ0n) is 9.69. The van der Waals surface area contributed by atoms with Crippen LogP contribution in [0.2, 0.25) is 0 Å². The average molecular weight is 223 g/mol. The van der Waals surface area contributed by atoms with E-state index in [0.717, 1.165) is 18.5 Å². The number of rotatable bonds is 2. The summed E-state index contributed by atoms with van der Waals surface area (Å²) in [6.45, 7) is 0. The zero-order chi connectivity index (χ0) is 11.5. The van der Waals surface area contributed by atoms with Crippen LogP contribution in [0.1, 0.15) is 19.0 Å². The molecule has 0 radical (unpaired) electrons. The average Bonchev–Trinajstić information content (AvgIpc) is 2.40. The van der Waals surface area contributed by atoms with Crippen molar-refractivity contribution in [1.82, 2.24) is 0 Å². The van der Waals surface area contributed by atoms with Gasteiger partial charge < -0.3 is 5.32 Å². The van der Waals surface area contributed by atoms with Crippen LogP contribution in [0.25, 0.3) is 6.08 Å². The van der Waals surface area contributed by atoms with Gasteiger partial charge in [0.2, 0.25) is 0 Å². The van der Waals surface area contributed by atoms with E-state index in [1.54, 1.807) is 0 Å². The maximum Gasteiger partial charge on any atom is 0.0460 e. The highest BCUT2D eigenvalue weighted by molar-refractivity contribution is 5.75. The van der Waals surface area contributed by atoms with Gasteiger partial charge in [0.25, 0.3) is 0 Å². The SMILES string of the molecule is C1=Cc2c(cccc2Nc2ccccc2)CC1.[HH]. The first-order valence-corrected chi connectivity index (χ1v) is 6.04. The van der Waals surface area contributed by atoms with Crippen LogP contribution in [-0.4, -0.2) is 0 Å². The van der Waals surface area contributed by atoms with Gasteiger partial charge in [0.15, 0.2) is 0 Å². The van der Waals surface area contributed by atoms with Crippen LogP contribution in [0.3, 0.4) is 0 Å². The fourth-order valence-electron chi connectivity index (χ4n) is 2.25. The van der Waals surface area contributed by atoms with Crippen molar-refractivity contribution >= 4 is 17.5 Å². The zero-order valence-corrected chi connectivity index (χ0v) is 9.69. The molecule has 1 aliphatic carbocycles. The fraction of sp³-hybridized carbons (Fsp3) is 0.125. The van der Waals surface area contributed by atoms with E-state index in [9.17, 15) is 0 Å². The maximum atomic E-state index is 3.48. The molecule has 0 unspecified atom stereocenters. The van der Waals surface area contributed by atoms with Crippen molar-refractivity contribution in [1.29, 1.82) is 0 Å². The van der Waals surface area contributed by atoms with Gasteiger partial charge in [-0.2, -0.15) is 0 Å². The van der Waals surface area contributed by atoms with Crippen molar-refractivity contribution < 1.29 is 1.43 Å². The van der Waals surface area contributed by atoms with Crippen LogP contribution >= 0.6 is 0 Å². The number of anilines is 2. The van der Waals surface area contributed by atoms with Crippen molar-refractivity contribution in [3.63, 3.8) is 0 Å². The molecule has 17 heavy (non-hydrogen) atoms. The molecule has 1 aliphatic rings. The van der Waals surface area contributed by atoms with Crippen LogP contribution in [-0.2, 0) is 6.42 Å². The Morgan fingerprint density at radius 3 is 2.71 bits per heavy atom. The summed E-state index contributed by atoms with van der Waals surface area (Å²) in [5, 5.41) is 3.48. The first-order chi connectivity index (χ1) is 8.43. The van der Waals surface area contributed by atoms with E-state index in [1.165, 1.54) is 16.8 Å². The van der Waals surface area contributed by atoms with E-state index < -0.39 is 0 Å². The molecule has 0 bridgehead atoms. The number of allylic oxidation sites excluding steroid dienone is 1. The molecular formula is C16H17N. The lowest BCUT2D eigenvalue weighted by Gasteiger charge is -2.16. The fourth-order valence-corrected chi connectivity index (χ4v) is 2.25. The molecular weight excluding hydrogens is 206 g/mol. The Kier molecular flexibility index (Phi) is 2.66. The van der Waals surface area contributed by atoms with E-state index in [1.807, 2.05) is 18.2 Å². The summed E-state index contributed by atoms with van der Waals surface area (Å²) in [6.07, 6.45) is 6.78. The van der Waals surface area contributed by atoms with Gasteiger partial charge in [0, 0.05) is 18.4 Å². The molecule has 2 aromatic carbocycles. The molecule has 1 nitrogen and oxygen atoms in total. The predicted octanol–water partition coefficient (Wildman–Crippen LogP) is 4.64. The third-order valence-corrected chi connectivity index (χ3v) is 3.11. The van der Waals surface area contributed by atoms with Crippen molar-refractivity contribution in [3.05, 3.63) is 65.7 Å². The summed E-state index contributed by atoms with van der Waals surface area (Å²) < 4.78 is 0. The minimum atomic E-state index is 0. The monoisotopic (exact) mass is 223 g/mol. The number of hydrogen-bond donors (Lipinski definition) is 1. The van der Waals surface area contributed by atoms with E-state index in [-0.39, 0.29) is 1.43 Å². The molecule has 0 spiro atoms. The third kappa shape index (κ3) is 2.09. The van der Waals surface area contributed by atoms with Gasteiger partial charge in [-0.15, -0.1) is 0 Å². The van der Waals surface area contributed by atoms with Gasteiger partial charge in [0.1, 0.15) is 0 Å². The Morgan fingerprint density at radius 1 is 0.941 bits per heavy atom. The lowest BCUT2D eigenvalue weighted by atomic mass is 9.96. The van der Waals surface area contributed by atoms with E-state index in [0.29, 0.717) is 0 Å². The van der Waals surface area contributed by atoms with Crippen molar-refractivity contribution in [2.24, 2.45) is 0 Å². The molecule has 0 heterocycles. The second kappa shape index (κ2) is 4.46. The highest BCUT2D eigenvalue weighted by Crippen LogP contribution is 2.28. The topological polar surface area (TPSA) is 12.0 Å². The number of aryl methyl sites for hydroxylation is 1. The molecule has 0 amide bonds. The maximum absolute atomic E-state index is 3.48. The summed E-state index contributed by atoms with van der Waals surface area (Å²) in [7, 11) is 0. The first-order valence-electron chi connectivity index (χ1n) is 6.04. The summed E-state index contributed by atoms with van der Waals surface area (Å²) in [5.41, 5.74) is 5.11. The van der Waals surface area contributed by atoms with Gasteiger partial charge in [-0.25, -0.2) is 0 Å². The van der Waals surface area contributed by atoms with Crippen LogP contribution in [0, 0.1) is 0 Å². The molecule has 0 atom stereocenters. The van der Waals surface area contributed by atoms with Crippen LogP contribution in [0.15, 0.2) is 54.6 Å². The third-order valence-electron chi connectivity index (χ3n) is 3.11. The lowest BCUT2D eigenvalue weighted by molar-refractivity contribution is 0.986. The Hall–Kier alpha value is -2.02. The molecule has 86 valence electrons. The number of para-hydroxylation sites is 1. The summed E-state index contributed by atoms with van der Waals surface area (Å²) in [5.74, 6) is 0. The second-order valence-electron chi connectivity index (χ2n) is 4.31. The molecule has 0 aliphatic heterocycles. The standard InChI is InChI=1S/C16H15N.H2/c1-2-9-14(10-3-1)17-16-12-6-8-13-7-4-5-11-15(13)16;/h1-3,5-6,8-12,17H,4,7H2;1H. The number of hydrogen-bond acceptors (Lipinski definition) is 1. The van der Waals surface area contributed by atoms with E-state index in [4.69, 9.17) is 0 Å². The van der Waals surface area contributed by atoms with Gasteiger partial charge in [-0.3, -0.25) is 0 Å². The Labute approximate surface area is 103 Å². The molecule has 1 N–H and O–H groups in total. The van der Waals surface area contributed by atoms with E-state index in [2.05, 4.69) is 47.8 Å². The molecule has 0 saturated heterocycles. The van der Waals surface area contributed by atoms with E-state index >= 15 is 0 Å². The highest BCUT2D eigenvalue weighted by Gasteiger charge is 2.08. The highest BCUT2D eigenvalue weighted by atomic mass is 14.9. The largest absolute Gasteiger partial charge is 0.355 e. The van der Waals surface area contributed by atoms with Crippen molar-refractivity contribution in [2.75, 3.05) is 5.32 Å². The van der Waals surface area contributed by atoms with Crippen LogP contribution in [0.5, 0.6) is 0 Å². The summed E-state index contributed by atoms with van der Waals surface area (Å²) >= 11 is 0. The van der Waals surface area contributed by atoms with Crippen LogP contribution in [0.4, 0.5) is 11.4 Å². The van der Waals surface area contributed by atoms with Gasteiger partial charge in [0.05, 0.1) is 0 Å². The number of benzene rings is 2. The molecule has 0 fully saturated rings. The number of fused-ring (bicyclic) bond motifs is 1. The minimum absolute atomic E-state index is 0. The second-order valence-corrected chi connectivity index (χ2v) is 4.31. The molecule has 2 aromatic rings. The van der Waals surface area contributed by atoms with Crippen LogP contribution < -0.4 is 5.32 Å². The number of nitrogens with one attached hydrogen (secondary N) is 1. The normalized spacial score (nSPS) is 13.2. The van der Waals surface area contributed by atoms with Gasteiger partial charge in [-0.1, -0.05) is 42.5 Å². The summed E-state index contributed by atoms with van der Waals surface area (Å²) in [6, 6.07) is 16.8. The Bertz CT molecular complexity index is 546. The first kappa shape index (κ1) is 10.2. The molecule has 3 rings (SSSR count). The smallest absolute Gasteiger partial charge is 0.0460 e. The predicted molar refractivity (Wildman–Crippen MR) is 75.6 cm³/mol. The molecule has 0 saturated carbocycles. The Balaban J connectivity index is 0.00000120. The quantitative estimate of drug-likeness (QED) is 0.782. The van der Waals surface area contributed by atoms with Crippen molar-refractivity contribution in [2.45, 2.75) is 12.8 Å². The molecule has 1 heteroatoms. The minimum Gasteiger partial charge on any atom is -0.355 e. The lowest BCUT2D eigenvalue weighted by Crippen LogP contribution is -1.99. The van der Waals surface area contributed by atoms with Gasteiger partial charge >= 0.3 is 0 Å². The van der Waals surface area contributed by atoms with Crippen molar-refractivity contribution in [3.8, 4) is 0 Å².